The van der Waals surface area contributed by atoms with Gasteiger partial charge < -0.3 is 20.1 Å². The van der Waals surface area contributed by atoms with Crippen LogP contribution < -0.4 is 25.0 Å². The summed E-state index contributed by atoms with van der Waals surface area (Å²) in [5.41, 5.74) is 6.04. The summed E-state index contributed by atoms with van der Waals surface area (Å²) < 4.78 is 10.8. The molecule has 2 aromatic carbocycles. The Morgan fingerprint density at radius 3 is 2.56 bits per heavy atom. The lowest BCUT2D eigenvalue weighted by molar-refractivity contribution is -0.113. The number of methoxy groups -OCH3 is 2. The minimum absolute atomic E-state index is 0.234. The zero-order valence-electron chi connectivity index (χ0n) is 19.8. The summed E-state index contributed by atoms with van der Waals surface area (Å²) in [6.07, 6.45) is 0. The minimum atomic E-state index is -0.371. The van der Waals surface area contributed by atoms with E-state index in [2.05, 4.69) is 28.8 Å². The normalized spacial score (nSPS) is 15.7. The first-order valence-corrected chi connectivity index (χ1v) is 12.1. The number of nitrogens with one attached hydrogen (secondary N) is 2. The van der Waals surface area contributed by atoms with Crippen LogP contribution in [-0.2, 0) is 4.79 Å². The maximum Gasteiger partial charge on any atom is 0.255 e. The molecule has 0 saturated heterocycles. The molecule has 1 aliphatic rings. The predicted molar refractivity (Wildman–Crippen MR) is 142 cm³/mol. The fourth-order valence-electron chi connectivity index (χ4n) is 4.07. The Morgan fingerprint density at radius 2 is 1.88 bits per heavy atom. The van der Waals surface area contributed by atoms with E-state index in [1.165, 1.54) is 0 Å². The highest BCUT2D eigenvalue weighted by Gasteiger charge is 2.35. The third kappa shape index (κ3) is 4.51. The maximum absolute atomic E-state index is 13.8. The molecule has 1 aromatic heterocycles. The summed E-state index contributed by atoms with van der Waals surface area (Å²) in [5, 5.41) is 11.0. The summed E-state index contributed by atoms with van der Waals surface area (Å²) in [7, 11) is 3.15. The van der Waals surface area contributed by atoms with Crippen molar-refractivity contribution in [3.05, 3.63) is 81.2 Å². The van der Waals surface area contributed by atoms with Crippen LogP contribution in [-0.4, -0.2) is 25.2 Å². The van der Waals surface area contributed by atoms with Crippen molar-refractivity contribution in [1.29, 1.82) is 0 Å². The topological polar surface area (TPSA) is 62.8 Å². The van der Waals surface area contributed by atoms with Gasteiger partial charge in [-0.05, 0) is 84.7 Å². The maximum atomic E-state index is 13.8. The lowest BCUT2D eigenvalue weighted by Gasteiger charge is -2.38. The Balaban J connectivity index is 1.81. The van der Waals surface area contributed by atoms with E-state index < -0.39 is 0 Å². The van der Waals surface area contributed by atoms with Gasteiger partial charge in [-0.1, -0.05) is 12.1 Å². The third-order valence-electron chi connectivity index (χ3n) is 5.87. The monoisotopic (exact) mass is 493 g/mol. The van der Waals surface area contributed by atoms with Crippen LogP contribution in [0.15, 0.2) is 64.5 Å². The second-order valence-electron chi connectivity index (χ2n) is 8.08. The summed E-state index contributed by atoms with van der Waals surface area (Å²) >= 11 is 7.38. The summed E-state index contributed by atoms with van der Waals surface area (Å²) in [4.78, 5) is 15.7. The van der Waals surface area contributed by atoms with Gasteiger partial charge in [0.1, 0.15) is 11.5 Å². The van der Waals surface area contributed by atoms with Gasteiger partial charge in [-0.2, -0.15) is 11.3 Å². The number of thiophene rings is 1. The standard InChI is InChI=1S/C26H27N3O3S2/c1-15-6-7-16(2)21(12-15)29-17(3)23(24(28-26(29)33)18-10-11-34-14-18)25(30)27-20-9-8-19(31-4)13-22(20)32-5/h6-14,24H,1-5H3,(H,27,30)(H,28,33). The summed E-state index contributed by atoms with van der Waals surface area (Å²) in [5.74, 6) is 0.929. The van der Waals surface area contributed by atoms with Crippen LogP contribution in [0.5, 0.6) is 11.5 Å². The van der Waals surface area contributed by atoms with E-state index >= 15 is 0 Å². The van der Waals surface area contributed by atoms with Crippen molar-refractivity contribution in [2.45, 2.75) is 26.8 Å². The molecule has 8 heteroatoms. The van der Waals surface area contributed by atoms with Gasteiger partial charge in [-0.3, -0.25) is 9.69 Å². The number of amides is 1. The molecule has 1 aliphatic heterocycles. The number of ether oxygens (including phenoxy) is 2. The van der Waals surface area contributed by atoms with Gasteiger partial charge in [0.15, 0.2) is 5.11 Å². The van der Waals surface area contributed by atoms with E-state index in [4.69, 9.17) is 21.7 Å². The molecule has 6 nitrogen and oxygen atoms in total. The quantitative estimate of drug-likeness (QED) is 0.428. The SMILES string of the molecule is COc1ccc(NC(=O)C2=C(C)N(c3cc(C)ccc3C)C(=S)NC2c2ccsc2)c(OC)c1. The zero-order valence-corrected chi connectivity index (χ0v) is 21.4. The molecule has 2 N–H and O–H groups in total. The largest absolute Gasteiger partial charge is 0.497 e. The van der Waals surface area contributed by atoms with Crippen LogP contribution in [0.2, 0.25) is 0 Å². The number of anilines is 2. The molecule has 0 saturated carbocycles. The molecule has 176 valence electrons. The number of carbonyl (C=O) groups is 1. The van der Waals surface area contributed by atoms with Gasteiger partial charge in [0.25, 0.3) is 5.91 Å². The average Bonchev–Trinajstić information content (AvgIpc) is 3.36. The fraction of sp³-hybridized carbons (Fsp3) is 0.231. The van der Waals surface area contributed by atoms with Crippen LogP contribution in [0.25, 0.3) is 0 Å². The van der Waals surface area contributed by atoms with Crippen molar-refractivity contribution in [3.63, 3.8) is 0 Å². The summed E-state index contributed by atoms with van der Waals surface area (Å²) in [6, 6.07) is 13.1. The van der Waals surface area contributed by atoms with Crippen LogP contribution in [0.4, 0.5) is 11.4 Å². The number of carbonyl (C=O) groups excluding carboxylic acids is 1. The Kier molecular flexibility index (Phi) is 6.90. The fourth-order valence-corrected chi connectivity index (χ4v) is 5.11. The number of nitrogens with zero attached hydrogens (tertiary/aromatic N) is 1. The number of allylic oxidation sites excluding steroid dienone is 1. The molecule has 0 radical (unpaired) electrons. The second-order valence-corrected chi connectivity index (χ2v) is 9.25. The van der Waals surface area contributed by atoms with Crippen molar-refractivity contribution >= 4 is 45.9 Å². The number of aryl methyl sites for hydroxylation is 2. The molecule has 34 heavy (non-hydrogen) atoms. The van der Waals surface area contributed by atoms with Crippen molar-refractivity contribution in [1.82, 2.24) is 5.32 Å². The third-order valence-corrected chi connectivity index (χ3v) is 6.87. The van der Waals surface area contributed by atoms with Gasteiger partial charge in [0, 0.05) is 11.8 Å². The molecule has 0 aliphatic carbocycles. The van der Waals surface area contributed by atoms with E-state index in [-0.39, 0.29) is 11.9 Å². The van der Waals surface area contributed by atoms with E-state index in [9.17, 15) is 4.79 Å². The van der Waals surface area contributed by atoms with Crippen molar-refractivity contribution in [2.75, 3.05) is 24.4 Å². The van der Waals surface area contributed by atoms with E-state index in [1.54, 1.807) is 43.8 Å². The first kappa shape index (κ1) is 23.8. The number of thiocarbonyl (C=S) groups is 1. The molecule has 0 fully saturated rings. The molecule has 0 bridgehead atoms. The van der Waals surface area contributed by atoms with Crippen molar-refractivity contribution in [2.24, 2.45) is 0 Å². The van der Waals surface area contributed by atoms with Crippen LogP contribution in [0, 0.1) is 13.8 Å². The zero-order chi connectivity index (χ0) is 24.4. The number of rotatable bonds is 6. The lowest BCUT2D eigenvalue weighted by Crippen LogP contribution is -2.48. The Morgan fingerprint density at radius 1 is 1.09 bits per heavy atom. The molecular weight excluding hydrogens is 466 g/mol. The number of hydrogen-bond acceptors (Lipinski definition) is 5. The highest BCUT2D eigenvalue weighted by atomic mass is 32.1. The number of hydrogen-bond donors (Lipinski definition) is 2. The second kappa shape index (κ2) is 9.87. The van der Waals surface area contributed by atoms with Gasteiger partial charge in [0.2, 0.25) is 0 Å². The van der Waals surface area contributed by atoms with E-state index in [0.29, 0.717) is 27.9 Å². The average molecular weight is 494 g/mol. The Bertz CT molecular complexity index is 1270. The first-order valence-electron chi connectivity index (χ1n) is 10.8. The van der Waals surface area contributed by atoms with E-state index in [0.717, 1.165) is 28.1 Å². The first-order chi connectivity index (χ1) is 16.3. The van der Waals surface area contributed by atoms with Crippen LogP contribution in [0.3, 0.4) is 0 Å². The lowest BCUT2D eigenvalue weighted by atomic mass is 9.95. The van der Waals surface area contributed by atoms with Crippen LogP contribution >= 0.6 is 23.6 Å². The molecule has 0 spiro atoms. The smallest absolute Gasteiger partial charge is 0.255 e. The Hall–Kier alpha value is -3.36. The molecule has 4 rings (SSSR count). The van der Waals surface area contributed by atoms with Gasteiger partial charge >= 0.3 is 0 Å². The van der Waals surface area contributed by atoms with Gasteiger partial charge in [0.05, 0.1) is 37.2 Å². The summed E-state index contributed by atoms with van der Waals surface area (Å²) in [6.45, 7) is 6.02. The van der Waals surface area contributed by atoms with Crippen molar-refractivity contribution in [3.8, 4) is 11.5 Å². The molecule has 1 atom stereocenters. The van der Waals surface area contributed by atoms with Gasteiger partial charge in [-0.25, -0.2) is 0 Å². The predicted octanol–water partition coefficient (Wildman–Crippen LogP) is 5.73. The number of benzene rings is 2. The van der Waals surface area contributed by atoms with Crippen LogP contribution in [0.1, 0.15) is 29.7 Å². The highest BCUT2D eigenvalue weighted by molar-refractivity contribution is 7.80. The molecular formula is C26H27N3O3S2. The van der Waals surface area contributed by atoms with Crippen molar-refractivity contribution < 1.29 is 14.3 Å². The molecule has 2 heterocycles. The van der Waals surface area contributed by atoms with E-state index in [1.807, 2.05) is 42.5 Å². The molecule has 1 amide bonds. The Labute approximate surface area is 209 Å². The highest BCUT2D eigenvalue weighted by Crippen LogP contribution is 2.37. The van der Waals surface area contributed by atoms with Gasteiger partial charge in [-0.15, -0.1) is 0 Å². The molecule has 1 unspecified atom stereocenters. The molecule has 3 aromatic rings. The minimum Gasteiger partial charge on any atom is -0.497 e.